The van der Waals surface area contributed by atoms with Crippen molar-refractivity contribution in [3.8, 4) is 0 Å². The molecule has 1 aromatic carbocycles. The van der Waals surface area contributed by atoms with Gasteiger partial charge in [0.05, 0.1) is 6.61 Å². The summed E-state index contributed by atoms with van der Waals surface area (Å²) in [5, 5.41) is 3.07. The van der Waals surface area contributed by atoms with Gasteiger partial charge in [0.15, 0.2) is 0 Å². The van der Waals surface area contributed by atoms with Crippen molar-refractivity contribution in [3.63, 3.8) is 0 Å². The number of carbonyl (C=O) groups is 1. The number of ether oxygens (including phenoxy) is 1. The van der Waals surface area contributed by atoms with E-state index in [1.54, 1.807) is 18.8 Å². The lowest BCUT2D eigenvalue weighted by Gasteiger charge is -2.26. The summed E-state index contributed by atoms with van der Waals surface area (Å²) in [4.78, 5) is 13.1. The maximum atomic E-state index is 11.9. The van der Waals surface area contributed by atoms with Crippen LogP contribution in [-0.2, 0) is 9.53 Å². The standard InChI is InChI=1S/C15H23NO2S/c1-5-18-14(17)15(3,16-4)10-11-19-13-8-6-12(2)7-9-13/h6-9,16H,5,10-11H2,1-4H3. The monoisotopic (exact) mass is 281 g/mol. The summed E-state index contributed by atoms with van der Waals surface area (Å²) in [6, 6.07) is 8.43. The van der Waals surface area contributed by atoms with Gasteiger partial charge >= 0.3 is 5.97 Å². The van der Waals surface area contributed by atoms with E-state index in [2.05, 4.69) is 36.5 Å². The molecule has 0 aliphatic carbocycles. The minimum Gasteiger partial charge on any atom is -0.465 e. The molecular formula is C15H23NO2S. The lowest BCUT2D eigenvalue weighted by Crippen LogP contribution is -2.49. The zero-order chi connectivity index (χ0) is 14.3. The first kappa shape index (κ1) is 16.1. The summed E-state index contributed by atoms with van der Waals surface area (Å²) in [6.07, 6.45) is 0.737. The summed E-state index contributed by atoms with van der Waals surface area (Å²) in [5.41, 5.74) is 0.657. The van der Waals surface area contributed by atoms with Crippen LogP contribution in [0.1, 0.15) is 25.8 Å². The van der Waals surface area contributed by atoms with E-state index in [0.717, 1.165) is 12.2 Å². The molecule has 1 aromatic rings. The van der Waals surface area contributed by atoms with Crippen molar-refractivity contribution < 1.29 is 9.53 Å². The number of nitrogens with one attached hydrogen (secondary N) is 1. The molecule has 0 saturated carbocycles. The van der Waals surface area contributed by atoms with E-state index in [0.29, 0.717) is 6.61 Å². The van der Waals surface area contributed by atoms with Crippen LogP contribution in [0.2, 0.25) is 0 Å². The molecule has 4 heteroatoms. The van der Waals surface area contributed by atoms with Gasteiger partial charge in [0.1, 0.15) is 5.54 Å². The highest BCUT2D eigenvalue weighted by Crippen LogP contribution is 2.23. The van der Waals surface area contributed by atoms with Crippen molar-refractivity contribution in [1.29, 1.82) is 0 Å². The van der Waals surface area contributed by atoms with E-state index >= 15 is 0 Å². The summed E-state index contributed by atoms with van der Waals surface area (Å²) >= 11 is 1.76. The Labute approximate surface area is 120 Å². The van der Waals surface area contributed by atoms with Crippen LogP contribution in [0, 0.1) is 6.92 Å². The molecule has 0 heterocycles. The predicted molar refractivity (Wildman–Crippen MR) is 80.6 cm³/mol. The van der Waals surface area contributed by atoms with E-state index in [-0.39, 0.29) is 5.97 Å². The van der Waals surface area contributed by atoms with Crippen LogP contribution in [-0.4, -0.2) is 30.9 Å². The van der Waals surface area contributed by atoms with Gasteiger partial charge in [-0.25, -0.2) is 0 Å². The van der Waals surface area contributed by atoms with Gasteiger partial charge in [0.25, 0.3) is 0 Å². The summed E-state index contributed by atoms with van der Waals surface area (Å²) in [7, 11) is 1.80. The number of hydrogen-bond acceptors (Lipinski definition) is 4. The molecule has 1 atom stereocenters. The normalized spacial score (nSPS) is 13.9. The van der Waals surface area contributed by atoms with Crippen molar-refractivity contribution in [3.05, 3.63) is 29.8 Å². The second-order valence-corrected chi connectivity index (χ2v) is 5.88. The molecule has 106 valence electrons. The Morgan fingerprint density at radius 1 is 1.37 bits per heavy atom. The van der Waals surface area contributed by atoms with E-state index in [1.165, 1.54) is 10.5 Å². The lowest BCUT2D eigenvalue weighted by atomic mass is 10.00. The van der Waals surface area contributed by atoms with E-state index in [9.17, 15) is 4.79 Å². The Balaban J connectivity index is 2.49. The Bertz CT molecular complexity index is 405. The second-order valence-electron chi connectivity index (χ2n) is 4.71. The Hall–Kier alpha value is -1.00. The first-order valence-corrected chi connectivity index (χ1v) is 7.56. The van der Waals surface area contributed by atoms with Crippen molar-refractivity contribution in [2.45, 2.75) is 37.6 Å². The van der Waals surface area contributed by atoms with Crippen LogP contribution in [0.4, 0.5) is 0 Å². The third-order valence-electron chi connectivity index (χ3n) is 3.17. The number of rotatable bonds is 7. The van der Waals surface area contributed by atoms with Gasteiger partial charge in [-0.2, -0.15) is 0 Å². The number of benzene rings is 1. The van der Waals surface area contributed by atoms with Crippen molar-refractivity contribution >= 4 is 17.7 Å². The molecule has 0 amide bonds. The average Bonchev–Trinajstić information content (AvgIpc) is 2.41. The summed E-state index contributed by atoms with van der Waals surface area (Å²) in [5.74, 6) is 0.696. The van der Waals surface area contributed by atoms with Gasteiger partial charge in [0, 0.05) is 10.6 Å². The Morgan fingerprint density at radius 2 is 2.00 bits per heavy atom. The summed E-state index contributed by atoms with van der Waals surface area (Å²) < 4.78 is 5.11. The first-order chi connectivity index (χ1) is 9.01. The lowest BCUT2D eigenvalue weighted by molar-refractivity contribution is -0.150. The van der Waals surface area contributed by atoms with Crippen LogP contribution in [0.15, 0.2) is 29.2 Å². The van der Waals surface area contributed by atoms with Gasteiger partial charge in [0.2, 0.25) is 0 Å². The molecule has 0 bridgehead atoms. The minimum absolute atomic E-state index is 0.179. The fraction of sp³-hybridized carbons (Fsp3) is 0.533. The maximum Gasteiger partial charge on any atom is 0.326 e. The summed E-state index contributed by atoms with van der Waals surface area (Å²) in [6.45, 7) is 6.21. The number of esters is 1. The van der Waals surface area contributed by atoms with Gasteiger partial charge in [-0.15, -0.1) is 11.8 Å². The molecule has 0 saturated heterocycles. The molecule has 1 unspecified atom stereocenters. The van der Waals surface area contributed by atoms with Crippen molar-refractivity contribution in [2.24, 2.45) is 0 Å². The molecule has 0 aliphatic heterocycles. The van der Waals surface area contributed by atoms with Crippen LogP contribution in [0.25, 0.3) is 0 Å². The maximum absolute atomic E-state index is 11.9. The highest BCUT2D eigenvalue weighted by molar-refractivity contribution is 7.99. The topological polar surface area (TPSA) is 38.3 Å². The van der Waals surface area contributed by atoms with Crippen LogP contribution < -0.4 is 5.32 Å². The number of likely N-dealkylation sites (N-methyl/N-ethyl adjacent to an activating group) is 1. The quantitative estimate of drug-likeness (QED) is 0.616. The van der Waals surface area contributed by atoms with Crippen molar-refractivity contribution in [2.75, 3.05) is 19.4 Å². The fourth-order valence-corrected chi connectivity index (χ4v) is 2.70. The predicted octanol–water partition coefficient (Wildman–Crippen LogP) is 3.02. The number of thioether (sulfide) groups is 1. The third kappa shape index (κ3) is 4.88. The molecule has 1 N–H and O–H groups in total. The second kappa shape index (κ2) is 7.56. The molecule has 1 rings (SSSR count). The number of carbonyl (C=O) groups excluding carboxylic acids is 1. The molecule has 0 fully saturated rings. The zero-order valence-electron chi connectivity index (χ0n) is 12.2. The number of aryl methyl sites for hydroxylation is 1. The molecule has 0 radical (unpaired) electrons. The van der Waals surface area contributed by atoms with Crippen molar-refractivity contribution in [1.82, 2.24) is 5.32 Å². The van der Waals surface area contributed by atoms with Crippen LogP contribution in [0.5, 0.6) is 0 Å². The molecule has 3 nitrogen and oxygen atoms in total. The Morgan fingerprint density at radius 3 is 2.53 bits per heavy atom. The van der Waals surface area contributed by atoms with Gasteiger partial charge in [-0.05, 0) is 46.4 Å². The molecule has 19 heavy (non-hydrogen) atoms. The van der Waals surface area contributed by atoms with Crippen LogP contribution >= 0.6 is 11.8 Å². The van der Waals surface area contributed by atoms with E-state index in [1.807, 2.05) is 13.8 Å². The van der Waals surface area contributed by atoms with Gasteiger partial charge in [-0.3, -0.25) is 4.79 Å². The largest absolute Gasteiger partial charge is 0.465 e. The molecule has 0 aromatic heterocycles. The number of hydrogen-bond donors (Lipinski definition) is 1. The molecule has 0 aliphatic rings. The SMILES string of the molecule is CCOC(=O)C(C)(CCSc1ccc(C)cc1)NC. The highest BCUT2D eigenvalue weighted by atomic mass is 32.2. The molecular weight excluding hydrogens is 258 g/mol. The first-order valence-electron chi connectivity index (χ1n) is 6.57. The average molecular weight is 281 g/mol. The third-order valence-corrected chi connectivity index (χ3v) is 4.18. The smallest absolute Gasteiger partial charge is 0.326 e. The fourth-order valence-electron chi connectivity index (χ4n) is 1.63. The van der Waals surface area contributed by atoms with E-state index < -0.39 is 5.54 Å². The Kier molecular flexibility index (Phi) is 6.38. The van der Waals surface area contributed by atoms with Gasteiger partial charge in [-0.1, -0.05) is 17.7 Å². The van der Waals surface area contributed by atoms with E-state index in [4.69, 9.17) is 4.74 Å². The van der Waals surface area contributed by atoms with Crippen LogP contribution in [0.3, 0.4) is 0 Å². The highest BCUT2D eigenvalue weighted by Gasteiger charge is 2.32. The zero-order valence-corrected chi connectivity index (χ0v) is 13.0. The molecule has 0 spiro atoms. The minimum atomic E-state index is -0.603. The van der Waals surface area contributed by atoms with Gasteiger partial charge < -0.3 is 10.1 Å².